The molecule has 1 N–H and O–H groups in total. The average Bonchev–Trinajstić information content (AvgIpc) is 2.34. The maximum absolute atomic E-state index is 10.2. The number of hydrogen-bond acceptors (Lipinski definition) is 4. The maximum Gasteiger partial charge on any atom is 0.328 e. The van der Waals surface area contributed by atoms with Gasteiger partial charge >= 0.3 is 5.97 Å². The van der Waals surface area contributed by atoms with Crippen molar-refractivity contribution in [2.24, 2.45) is 0 Å². The number of allylic oxidation sites excluding steroid dienone is 2. The molecule has 0 saturated carbocycles. The quantitative estimate of drug-likeness (QED) is 0.622. The lowest BCUT2D eigenvalue weighted by atomic mass is 10.2. The summed E-state index contributed by atoms with van der Waals surface area (Å²) < 4.78 is 10.0. The van der Waals surface area contributed by atoms with Gasteiger partial charge in [0.1, 0.15) is 0 Å². The molecule has 0 atom stereocenters. The molecule has 0 spiro atoms. The standard InChI is InChI=1S/C12H13NO4/c1-16-10-8-7-9(12(13-10)17-2)5-3-4-6-11(14)15/h3-8H,1-2H3,(H,14,15). The molecule has 0 aliphatic carbocycles. The molecule has 5 heteroatoms. The molecule has 1 aromatic rings. The summed E-state index contributed by atoms with van der Waals surface area (Å²) in [5.41, 5.74) is 0.739. The normalized spacial score (nSPS) is 10.9. The van der Waals surface area contributed by atoms with Gasteiger partial charge in [-0.15, -0.1) is 0 Å². The lowest BCUT2D eigenvalue weighted by Gasteiger charge is -2.05. The van der Waals surface area contributed by atoms with E-state index in [0.717, 1.165) is 11.6 Å². The van der Waals surface area contributed by atoms with Crippen molar-refractivity contribution in [2.75, 3.05) is 14.2 Å². The van der Waals surface area contributed by atoms with Crippen LogP contribution in [-0.2, 0) is 4.79 Å². The van der Waals surface area contributed by atoms with Gasteiger partial charge in [-0.05, 0) is 12.1 Å². The second-order valence-electron chi connectivity index (χ2n) is 3.01. The number of carboxylic acid groups (broad SMARTS) is 1. The minimum absolute atomic E-state index is 0.421. The molecule has 17 heavy (non-hydrogen) atoms. The van der Waals surface area contributed by atoms with Crippen molar-refractivity contribution in [2.45, 2.75) is 0 Å². The van der Waals surface area contributed by atoms with Crippen LogP contribution >= 0.6 is 0 Å². The van der Waals surface area contributed by atoms with Crippen molar-refractivity contribution < 1.29 is 19.4 Å². The molecule has 5 nitrogen and oxygen atoms in total. The third-order valence-electron chi connectivity index (χ3n) is 1.89. The smallest absolute Gasteiger partial charge is 0.328 e. The van der Waals surface area contributed by atoms with E-state index in [2.05, 4.69) is 4.98 Å². The molecule has 0 aliphatic heterocycles. The van der Waals surface area contributed by atoms with Crippen molar-refractivity contribution in [1.82, 2.24) is 4.98 Å². The molecular formula is C12H13NO4. The number of hydrogen-bond donors (Lipinski definition) is 1. The van der Waals surface area contributed by atoms with E-state index >= 15 is 0 Å². The Hall–Kier alpha value is -2.30. The number of carboxylic acids is 1. The van der Waals surface area contributed by atoms with Crippen LogP contribution in [0.2, 0.25) is 0 Å². The number of nitrogens with zero attached hydrogens (tertiary/aromatic N) is 1. The zero-order valence-electron chi connectivity index (χ0n) is 9.58. The topological polar surface area (TPSA) is 68.7 Å². The van der Waals surface area contributed by atoms with E-state index in [1.807, 2.05) is 0 Å². The van der Waals surface area contributed by atoms with Crippen LogP contribution in [0.25, 0.3) is 6.08 Å². The summed E-state index contributed by atoms with van der Waals surface area (Å²) in [6.07, 6.45) is 5.76. The molecule has 0 aliphatic rings. The number of aromatic nitrogens is 1. The van der Waals surface area contributed by atoms with E-state index in [1.54, 1.807) is 24.3 Å². The van der Waals surface area contributed by atoms with Gasteiger partial charge < -0.3 is 14.6 Å². The minimum Gasteiger partial charge on any atom is -0.481 e. The summed E-state index contributed by atoms with van der Waals surface area (Å²) in [7, 11) is 3.03. The van der Waals surface area contributed by atoms with Gasteiger partial charge in [-0.2, -0.15) is 4.98 Å². The minimum atomic E-state index is -0.991. The van der Waals surface area contributed by atoms with E-state index in [9.17, 15) is 4.79 Å². The van der Waals surface area contributed by atoms with Crippen molar-refractivity contribution in [3.05, 3.63) is 35.9 Å². The molecule has 1 heterocycles. The highest BCUT2D eigenvalue weighted by Gasteiger charge is 2.02. The zero-order valence-corrected chi connectivity index (χ0v) is 9.58. The summed E-state index contributed by atoms with van der Waals surface area (Å²) >= 11 is 0. The fraction of sp³-hybridized carbons (Fsp3) is 0.167. The van der Waals surface area contributed by atoms with Crippen LogP contribution in [-0.4, -0.2) is 30.3 Å². The lowest BCUT2D eigenvalue weighted by molar-refractivity contribution is -0.131. The number of rotatable bonds is 5. The molecule has 0 bridgehead atoms. The third kappa shape index (κ3) is 3.98. The van der Waals surface area contributed by atoms with Crippen LogP contribution in [0.3, 0.4) is 0 Å². The molecule has 0 amide bonds. The number of pyridine rings is 1. The van der Waals surface area contributed by atoms with Crippen molar-refractivity contribution in [3.63, 3.8) is 0 Å². The number of methoxy groups -OCH3 is 2. The van der Waals surface area contributed by atoms with Crippen molar-refractivity contribution in [1.29, 1.82) is 0 Å². The first-order valence-corrected chi connectivity index (χ1v) is 4.84. The molecule has 1 aromatic heterocycles. The number of ether oxygens (including phenoxy) is 2. The number of aliphatic carboxylic acids is 1. The van der Waals surface area contributed by atoms with Gasteiger partial charge in [0.25, 0.3) is 0 Å². The Morgan fingerprint density at radius 3 is 2.65 bits per heavy atom. The van der Waals surface area contributed by atoms with Crippen LogP contribution in [0.5, 0.6) is 11.8 Å². The summed E-state index contributed by atoms with van der Waals surface area (Å²) in [6, 6.07) is 3.47. The number of carbonyl (C=O) groups is 1. The van der Waals surface area contributed by atoms with Gasteiger partial charge in [-0.3, -0.25) is 0 Å². The summed E-state index contributed by atoms with van der Waals surface area (Å²) in [4.78, 5) is 14.3. The van der Waals surface area contributed by atoms with Gasteiger partial charge in [-0.1, -0.05) is 12.2 Å². The van der Waals surface area contributed by atoms with E-state index in [-0.39, 0.29) is 0 Å². The third-order valence-corrected chi connectivity index (χ3v) is 1.89. The van der Waals surface area contributed by atoms with Gasteiger partial charge in [0, 0.05) is 17.7 Å². The predicted molar refractivity (Wildman–Crippen MR) is 63.2 cm³/mol. The Labute approximate surface area is 99.0 Å². The summed E-state index contributed by atoms with van der Waals surface area (Å²) in [5, 5.41) is 8.41. The Kier molecular flexibility index (Phi) is 4.75. The van der Waals surface area contributed by atoms with E-state index in [0.29, 0.717) is 11.8 Å². The van der Waals surface area contributed by atoms with Crippen LogP contribution < -0.4 is 9.47 Å². The first-order chi connectivity index (χ1) is 8.17. The summed E-state index contributed by atoms with van der Waals surface area (Å²) in [6.45, 7) is 0. The van der Waals surface area contributed by atoms with E-state index < -0.39 is 5.97 Å². The maximum atomic E-state index is 10.2. The second kappa shape index (κ2) is 6.32. The van der Waals surface area contributed by atoms with Crippen LogP contribution in [0.4, 0.5) is 0 Å². The van der Waals surface area contributed by atoms with Gasteiger partial charge in [0.15, 0.2) is 0 Å². The fourth-order valence-corrected chi connectivity index (χ4v) is 1.14. The van der Waals surface area contributed by atoms with Crippen molar-refractivity contribution >= 4 is 12.0 Å². The molecular weight excluding hydrogens is 222 g/mol. The van der Waals surface area contributed by atoms with Crippen LogP contribution in [0, 0.1) is 0 Å². The largest absolute Gasteiger partial charge is 0.481 e. The molecule has 0 fully saturated rings. The zero-order chi connectivity index (χ0) is 12.7. The summed E-state index contributed by atoms with van der Waals surface area (Å²) in [5.74, 6) is -0.112. The molecule has 0 unspecified atom stereocenters. The van der Waals surface area contributed by atoms with Gasteiger partial charge in [-0.25, -0.2) is 4.79 Å². The first kappa shape index (κ1) is 12.8. The molecule has 1 rings (SSSR count). The Balaban J connectivity index is 2.87. The van der Waals surface area contributed by atoms with Crippen LogP contribution in [0.15, 0.2) is 30.4 Å². The Morgan fingerprint density at radius 2 is 2.06 bits per heavy atom. The average molecular weight is 235 g/mol. The SMILES string of the molecule is COc1ccc(C=CC=CC(=O)O)c(OC)n1. The van der Waals surface area contributed by atoms with Crippen LogP contribution in [0.1, 0.15) is 5.56 Å². The highest BCUT2D eigenvalue weighted by atomic mass is 16.5. The van der Waals surface area contributed by atoms with E-state index in [1.165, 1.54) is 20.3 Å². The molecule has 90 valence electrons. The van der Waals surface area contributed by atoms with Gasteiger partial charge in [0.05, 0.1) is 14.2 Å². The molecule has 0 saturated heterocycles. The first-order valence-electron chi connectivity index (χ1n) is 4.84. The molecule has 0 radical (unpaired) electrons. The Bertz CT molecular complexity index is 452. The van der Waals surface area contributed by atoms with Gasteiger partial charge in [0.2, 0.25) is 11.8 Å². The molecule has 0 aromatic carbocycles. The lowest BCUT2D eigenvalue weighted by Crippen LogP contribution is -1.94. The highest BCUT2D eigenvalue weighted by Crippen LogP contribution is 2.20. The highest BCUT2D eigenvalue weighted by molar-refractivity contribution is 5.80. The fourth-order valence-electron chi connectivity index (χ4n) is 1.14. The van der Waals surface area contributed by atoms with Crippen molar-refractivity contribution in [3.8, 4) is 11.8 Å². The Morgan fingerprint density at radius 1 is 1.29 bits per heavy atom. The predicted octanol–water partition coefficient (Wildman–Crippen LogP) is 1.75. The van der Waals surface area contributed by atoms with E-state index in [4.69, 9.17) is 14.6 Å². The monoisotopic (exact) mass is 235 g/mol. The second-order valence-corrected chi connectivity index (χ2v) is 3.01.